The maximum atomic E-state index is 14.2. The molecule has 22 heteroatoms. The fourth-order valence-corrected chi connectivity index (χ4v) is 11.0. The molecule has 8 N–H and O–H groups in total. The Kier molecular flexibility index (Phi) is 16.7. The number of rotatable bonds is 19. The quantitative estimate of drug-likeness (QED) is 0.0356. The molecule has 0 saturated carbocycles. The molecule has 3 aromatic heterocycles. The first-order valence-electron chi connectivity index (χ1n) is 27.9. The number of anilines is 8. The van der Waals surface area contributed by atoms with Crippen LogP contribution in [0.1, 0.15) is 88.8 Å². The molecule has 10 rings (SSSR count). The highest BCUT2D eigenvalue weighted by Crippen LogP contribution is 2.45. The number of aromatic nitrogens is 6. The first-order valence-corrected chi connectivity index (χ1v) is 27.9. The summed E-state index contributed by atoms with van der Waals surface area (Å²) in [6, 6.07) is 27.7. The Morgan fingerprint density at radius 3 is 1.69 bits per heavy atom. The molecule has 0 aliphatic carbocycles. The summed E-state index contributed by atoms with van der Waals surface area (Å²) in [7, 11) is 7.71. The van der Waals surface area contributed by atoms with E-state index in [1.807, 2.05) is 68.9 Å². The number of hydrogen-bond donors (Lipinski definition) is 8. The van der Waals surface area contributed by atoms with E-state index in [2.05, 4.69) is 69.3 Å². The molecule has 7 aromatic rings. The first-order chi connectivity index (χ1) is 40.3. The highest BCUT2D eigenvalue weighted by atomic mass is 16.2. The largest absolute Gasteiger partial charge is 0.338 e. The van der Waals surface area contributed by atoms with E-state index in [-0.39, 0.29) is 54.8 Å². The van der Waals surface area contributed by atoms with Crippen LogP contribution in [0.4, 0.5) is 45.8 Å². The number of carbonyl (C=O) groups excluding carboxylic acids is 6. The highest BCUT2D eigenvalue weighted by molar-refractivity contribution is 6.06. The van der Waals surface area contributed by atoms with E-state index < -0.39 is 17.0 Å². The van der Waals surface area contributed by atoms with E-state index >= 15 is 0 Å². The summed E-state index contributed by atoms with van der Waals surface area (Å²) < 4.78 is 1.65. The van der Waals surface area contributed by atoms with Crippen LogP contribution in [0.5, 0.6) is 0 Å². The predicted molar refractivity (Wildman–Crippen MR) is 323 cm³/mol. The van der Waals surface area contributed by atoms with E-state index in [0.717, 1.165) is 48.3 Å². The molecule has 0 radical (unpaired) electrons. The normalized spacial score (nSPS) is 16.7. The van der Waals surface area contributed by atoms with Gasteiger partial charge in [-0.2, -0.15) is 15.3 Å². The maximum absolute atomic E-state index is 14.2. The summed E-state index contributed by atoms with van der Waals surface area (Å²) >= 11 is 0. The summed E-state index contributed by atoms with van der Waals surface area (Å²) in [5.74, 6) is -0.196. The van der Waals surface area contributed by atoms with Crippen LogP contribution in [0.3, 0.4) is 0 Å². The molecule has 6 heterocycles. The molecule has 6 amide bonds. The number of nitrogens with zero attached hydrogens (tertiary/aromatic N) is 8. The van der Waals surface area contributed by atoms with Gasteiger partial charge in [0.05, 0.1) is 48.2 Å². The van der Waals surface area contributed by atoms with Crippen molar-refractivity contribution in [2.75, 3.05) is 72.7 Å². The van der Waals surface area contributed by atoms with Crippen LogP contribution in [0.25, 0.3) is 0 Å². The molecule has 4 aromatic carbocycles. The third-order valence-corrected chi connectivity index (χ3v) is 15.7. The number of aromatic amines is 2. The van der Waals surface area contributed by atoms with Gasteiger partial charge in [0.1, 0.15) is 0 Å². The van der Waals surface area contributed by atoms with Crippen molar-refractivity contribution in [1.29, 1.82) is 0 Å². The fraction of sp³-hybridized carbons (Fsp3) is 0.306. The van der Waals surface area contributed by atoms with Crippen LogP contribution >= 0.6 is 0 Å². The van der Waals surface area contributed by atoms with E-state index in [0.29, 0.717) is 75.7 Å². The highest BCUT2D eigenvalue weighted by Gasteiger charge is 2.47. The fourth-order valence-electron chi connectivity index (χ4n) is 11.0. The van der Waals surface area contributed by atoms with E-state index in [1.165, 1.54) is 12.2 Å². The summed E-state index contributed by atoms with van der Waals surface area (Å²) in [5.41, 5.74) is 6.83. The second-order valence-electron chi connectivity index (χ2n) is 22.6. The van der Waals surface area contributed by atoms with Gasteiger partial charge in [0, 0.05) is 88.2 Å². The van der Waals surface area contributed by atoms with Gasteiger partial charge < -0.3 is 51.5 Å². The molecule has 3 aliphatic rings. The smallest absolute Gasteiger partial charge is 0.255 e. The second-order valence-corrected chi connectivity index (χ2v) is 22.6. The lowest BCUT2D eigenvalue weighted by Gasteiger charge is -2.37. The molecule has 0 bridgehead atoms. The molecule has 0 spiro atoms. The average Bonchev–Trinajstić information content (AvgIpc) is 2.71. The average molecular weight is 1140 g/mol. The van der Waals surface area contributed by atoms with Gasteiger partial charge in [-0.05, 0) is 171 Å². The van der Waals surface area contributed by atoms with Gasteiger partial charge in [-0.3, -0.25) is 43.6 Å². The van der Waals surface area contributed by atoms with Crippen molar-refractivity contribution in [3.05, 3.63) is 173 Å². The molecule has 84 heavy (non-hydrogen) atoms. The summed E-state index contributed by atoms with van der Waals surface area (Å²) in [4.78, 5) is 88.4. The van der Waals surface area contributed by atoms with E-state index in [4.69, 9.17) is 0 Å². The van der Waals surface area contributed by atoms with Crippen molar-refractivity contribution in [2.24, 2.45) is 13.0 Å². The molecule has 3 aliphatic heterocycles. The van der Waals surface area contributed by atoms with Crippen LogP contribution in [-0.2, 0) is 56.8 Å². The summed E-state index contributed by atoms with van der Waals surface area (Å²) in [5, 5.41) is 38.2. The van der Waals surface area contributed by atoms with Gasteiger partial charge in [-0.25, -0.2) is 0 Å². The number of nitrogens with one attached hydrogen (secondary N) is 8. The van der Waals surface area contributed by atoms with Crippen molar-refractivity contribution in [1.82, 2.24) is 49.8 Å². The molecule has 1 fully saturated rings. The monoisotopic (exact) mass is 1130 g/mol. The molecular formula is C62H70N16O6. The summed E-state index contributed by atoms with van der Waals surface area (Å²) in [6.45, 7) is 9.14. The van der Waals surface area contributed by atoms with Gasteiger partial charge in [0.25, 0.3) is 11.8 Å². The Hall–Kier alpha value is -9.67. The summed E-state index contributed by atoms with van der Waals surface area (Å²) in [6.07, 6.45) is 11.9. The number of H-pyrrole nitrogens is 2. The van der Waals surface area contributed by atoms with Crippen molar-refractivity contribution < 1.29 is 28.8 Å². The number of carbonyl (C=O) groups is 6. The lowest BCUT2D eigenvalue weighted by Crippen LogP contribution is -2.46. The predicted octanol–water partition coefficient (Wildman–Crippen LogP) is 8.22. The van der Waals surface area contributed by atoms with Gasteiger partial charge >= 0.3 is 0 Å². The first kappa shape index (κ1) is 57.6. The number of amides is 6. The van der Waals surface area contributed by atoms with Crippen LogP contribution in [0.15, 0.2) is 134 Å². The zero-order chi connectivity index (χ0) is 59.3. The SMILES string of the molecule is CN(C)C/C=C/C(=O)Nc1ccc(C(=O)Nc2cccc(Nc3n[nH]c4c3CN(C(=O)Cc3cnn(C)c3)C4(C)C/C=C/C(=O)Nc3ccc(C(=O)Nc4cccc(Nc5n[nH]c6c5CN(C(=O)C5CCN(C)CC5)C6(C)C)c4)cc3)c2)cc1. The number of benzene rings is 4. The topological polar surface area (TPSA) is 263 Å². The van der Waals surface area contributed by atoms with Gasteiger partial charge in [-0.1, -0.05) is 24.3 Å². The Morgan fingerprint density at radius 1 is 0.643 bits per heavy atom. The standard InChI is InChI=1S/C62H70N16O6/c1-61(2)54-49(38-78(61)60(84)42-26-30-75(6)31-27-42)56(72-70-54)66-45-12-8-14-47(33-45)68-58(82)40-18-22-43(23-19-40)64-51(79)16-10-28-62(3)55-50(37-77(62)53(81)32-39-35-63-76(7)36-39)57(73-71-55)67-46-13-9-15-48(34-46)69-59(83)41-20-24-44(25-21-41)65-52(80)17-11-29-74(4)5/h8-25,33-36,42H,26-32,37-38H2,1-7H3,(H,64,79)(H,65,80)(H,68,82)(H,69,83)(H2,66,70,72)(H2,67,71,73)/b16-10+,17-11+. The van der Waals surface area contributed by atoms with Gasteiger partial charge in [0.15, 0.2) is 11.6 Å². The van der Waals surface area contributed by atoms with Crippen LogP contribution < -0.4 is 31.9 Å². The Morgan fingerprint density at radius 2 is 1.15 bits per heavy atom. The number of likely N-dealkylation sites (tertiary alicyclic amines) is 1. The van der Waals surface area contributed by atoms with Crippen LogP contribution in [0.2, 0.25) is 0 Å². The number of piperidine rings is 1. The minimum atomic E-state index is -0.939. The van der Waals surface area contributed by atoms with Gasteiger partial charge in [0.2, 0.25) is 23.6 Å². The van der Waals surface area contributed by atoms with E-state index in [1.54, 1.807) is 114 Å². The third kappa shape index (κ3) is 13.0. The number of likely N-dealkylation sites (N-methyl/N-ethyl adjacent to an activating group) is 1. The van der Waals surface area contributed by atoms with E-state index in [9.17, 15) is 28.8 Å². The van der Waals surface area contributed by atoms with Crippen LogP contribution in [-0.4, -0.2) is 126 Å². The molecule has 1 unspecified atom stereocenters. The van der Waals surface area contributed by atoms with Crippen molar-refractivity contribution >= 4 is 81.2 Å². The third-order valence-electron chi connectivity index (χ3n) is 15.7. The van der Waals surface area contributed by atoms with Crippen molar-refractivity contribution in [3.8, 4) is 0 Å². The Bertz CT molecular complexity index is 3660. The minimum absolute atomic E-state index is 0.00131. The zero-order valence-corrected chi connectivity index (χ0v) is 48.2. The number of aryl methyl sites for hydroxylation is 1. The Balaban J connectivity index is 0.749. The maximum Gasteiger partial charge on any atom is 0.255 e. The zero-order valence-electron chi connectivity index (χ0n) is 48.2. The molecule has 1 atom stereocenters. The molecule has 434 valence electrons. The van der Waals surface area contributed by atoms with Crippen LogP contribution in [0, 0.1) is 5.92 Å². The van der Waals surface area contributed by atoms with Crippen molar-refractivity contribution in [3.63, 3.8) is 0 Å². The molecule has 1 saturated heterocycles. The number of hydrogen-bond acceptors (Lipinski definition) is 13. The molecule has 22 nitrogen and oxygen atoms in total. The number of fused-ring (bicyclic) bond motifs is 2. The molecular weight excluding hydrogens is 1060 g/mol. The Labute approximate surface area is 487 Å². The van der Waals surface area contributed by atoms with Crippen molar-refractivity contribution in [2.45, 2.75) is 70.6 Å². The lowest BCUT2D eigenvalue weighted by molar-refractivity contribution is -0.142. The van der Waals surface area contributed by atoms with Gasteiger partial charge in [-0.15, -0.1) is 0 Å². The second kappa shape index (κ2) is 24.4. The minimum Gasteiger partial charge on any atom is -0.338 e. The lowest BCUT2D eigenvalue weighted by atomic mass is 9.92.